The van der Waals surface area contributed by atoms with Gasteiger partial charge in [-0.05, 0) is 43.5 Å². The Bertz CT molecular complexity index is 467. The predicted octanol–water partition coefficient (Wildman–Crippen LogP) is 3.03. The third-order valence-electron chi connectivity index (χ3n) is 2.92. The molecule has 0 spiro atoms. The van der Waals surface area contributed by atoms with Crippen LogP contribution < -0.4 is 4.74 Å². The molecule has 5 heteroatoms. The van der Waals surface area contributed by atoms with E-state index in [9.17, 15) is 14.7 Å². The fourth-order valence-electron chi connectivity index (χ4n) is 1.77. The Hall–Kier alpha value is -2.04. The molecule has 0 amide bonds. The minimum Gasteiger partial charge on any atom is -0.508 e. The van der Waals surface area contributed by atoms with Crippen LogP contribution in [-0.2, 0) is 9.59 Å². The molecule has 0 aliphatic carbocycles. The summed E-state index contributed by atoms with van der Waals surface area (Å²) in [7, 11) is 0. The molecule has 0 unspecified atom stereocenters. The molecule has 5 nitrogen and oxygen atoms in total. The zero-order chi connectivity index (χ0) is 15.0. The van der Waals surface area contributed by atoms with Gasteiger partial charge in [-0.25, -0.2) is 0 Å². The maximum atomic E-state index is 11.6. The number of aryl methyl sites for hydroxylation is 1. The number of benzene rings is 1. The first-order valence-electron chi connectivity index (χ1n) is 6.71. The van der Waals surface area contributed by atoms with Gasteiger partial charge in [-0.3, -0.25) is 9.59 Å². The van der Waals surface area contributed by atoms with E-state index in [1.54, 1.807) is 19.1 Å². The van der Waals surface area contributed by atoms with Crippen LogP contribution in [0.1, 0.15) is 44.1 Å². The summed E-state index contributed by atoms with van der Waals surface area (Å²) >= 11 is 0. The Kier molecular flexibility index (Phi) is 6.56. The Morgan fingerprint density at radius 3 is 2.35 bits per heavy atom. The van der Waals surface area contributed by atoms with Crippen LogP contribution in [-0.4, -0.2) is 22.2 Å². The summed E-state index contributed by atoms with van der Waals surface area (Å²) in [5, 5.41) is 17.8. The van der Waals surface area contributed by atoms with Crippen molar-refractivity contribution in [1.29, 1.82) is 0 Å². The quantitative estimate of drug-likeness (QED) is 0.434. The second kappa shape index (κ2) is 8.19. The molecule has 1 aromatic carbocycles. The van der Waals surface area contributed by atoms with Crippen LogP contribution in [0.25, 0.3) is 0 Å². The van der Waals surface area contributed by atoms with E-state index >= 15 is 0 Å². The number of rotatable bonds is 8. The zero-order valence-electron chi connectivity index (χ0n) is 11.6. The van der Waals surface area contributed by atoms with Crippen LogP contribution in [0.5, 0.6) is 11.5 Å². The van der Waals surface area contributed by atoms with E-state index in [2.05, 4.69) is 0 Å². The molecular formula is C15H20O5. The van der Waals surface area contributed by atoms with Crippen LogP contribution in [0.4, 0.5) is 0 Å². The highest BCUT2D eigenvalue weighted by molar-refractivity contribution is 5.72. The molecule has 1 rings (SSSR count). The van der Waals surface area contributed by atoms with Gasteiger partial charge >= 0.3 is 11.9 Å². The first kappa shape index (κ1) is 16.0. The average molecular weight is 280 g/mol. The first-order chi connectivity index (χ1) is 9.49. The summed E-state index contributed by atoms with van der Waals surface area (Å²) in [5.74, 6) is -0.500. The van der Waals surface area contributed by atoms with Crippen molar-refractivity contribution in [3.8, 4) is 11.5 Å². The van der Waals surface area contributed by atoms with Crippen molar-refractivity contribution >= 4 is 11.9 Å². The zero-order valence-corrected chi connectivity index (χ0v) is 11.6. The fourth-order valence-corrected chi connectivity index (χ4v) is 1.77. The number of carboxylic acids is 1. The van der Waals surface area contributed by atoms with Crippen molar-refractivity contribution in [2.75, 3.05) is 0 Å². The molecule has 0 bridgehead atoms. The maximum absolute atomic E-state index is 11.6. The molecule has 0 atom stereocenters. The van der Waals surface area contributed by atoms with Gasteiger partial charge in [0.1, 0.15) is 11.5 Å². The Morgan fingerprint density at radius 1 is 1.10 bits per heavy atom. The summed E-state index contributed by atoms with van der Waals surface area (Å²) < 4.78 is 5.15. The van der Waals surface area contributed by atoms with Crippen molar-refractivity contribution in [3.05, 3.63) is 23.8 Å². The number of esters is 1. The molecule has 0 saturated heterocycles. The summed E-state index contributed by atoms with van der Waals surface area (Å²) in [6.45, 7) is 1.73. The molecule has 0 aliphatic rings. The number of hydrogen-bond donors (Lipinski definition) is 2. The predicted molar refractivity (Wildman–Crippen MR) is 73.8 cm³/mol. The van der Waals surface area contributed by atoms with Crippen LogP contribution in [0.2, 0.25) is 0 Å². The number of aliphatic carboxylic acids is 1. The number of unbranched alkanes of at least 4 members (excludes halogenated alkanes) is 3. The van der Waals surface area contributed by atoms with Crippen molar-refractivity contribution in [2.24, 2.45) is 0 Å². The number of carbonyl (C=O) groups excluding carboxylic acids is 1. The van der Waals surface area contributed by atoms with E-state index < -0.39 is 5.97 Å². The fraction of sp³-hybridized carbons (Fsp3) is 0.467. The minimum absolute atomic E-state index is 0.170. The van der Waals surface area contributed by atoms with E-state index in [0.717, 1.165) is 12.8 Å². The molecule has 0 aliphatic heterocycles. The highest BCUT2D eigenvalue weighted by Crippen LogP contribution is 2.22. The van der Waals surface area contributed by atoms with Gasteiger partial charge < -0.3 is 14.9 Å². The van der Waals surface area contributed by atoms with E-state index in [1.807, 2.05) is 0 Å². The lowest BCUT2D eigenvalue weighted by atomic mass is 10.1. The standard InChI is InChI=1S/C15H20O5/c1-11-10-12(8-9-13(11)16)20-15(19)7-5-3-2-4-6-14(17)18/h8-10,16H,2-7H2,1H3,(H,17,18). The normalized spacial score (nSPS) is 10.2. The number of phenolic OH excluding ortho intramolecular Hbond substituents is 1. The molecule has 110 valence electrons. The second-order valence-electron chi connectivity index (χ2n) is 4.73. The van der Waals surface area contributed by atoms with E-state index in [4.69, 9.17) is 9.84 Å². The Balaban J connectivity index is 2.20. The molecule has 0 heterocycles. The number of carbonyl (C=O) groups is 2. The van der Waals surface area contributed by atoms with Gasteiger partial charge in [0.05, 0.1) is 0 Å². The van der Waals surface area contributed by atoms with E-state index in [0.29, 0.717) is 30.6 Å². The van der Waals surface area contributed by atoms with E-state index in [-0.39, 0.29) is 18.1 Å². The first-order valence-corrected chi connectivity index (χ1v) is 6.71. The smallest absolute Gasteiger partial charge is 0.311 e. The lowest BCUT2D eigenvalue weighted by molar-refractivity contribution is -0.137. The summed E-state index contributed by atoms with van der Waals surface area (Å²) in [5.41, 5.74) is 0.656. The van der Waals surface area contributed by atoms with Gasteiger partial charge in [-0.2, -0.15) is 0 Å². The van der Waals surface area contributed by atoms with Crippen LogP contribution >= 0.6 is 0 Å². The Morgan fingerprint density at radius 2 is 1.75 bits per heavy atom. The van der Waals surface area contributed by atoms with E-state index in [1.165, 1.54) is 6.07 Å². The summed E-state index contributed by atoms with van der Waals surface area (Å²) in [6, 6.07) is 4.65. The van der Waals surface area contributed by atoms with Gasteiger partial charge in [0.2, 0.25) is 0 Å². The number of hydrogen-bond acceptors (Lipinski definition) is 4. The molecule has 20 heavy (non-hydrogen) atoms. The van der Waals surface area contributed by atoms with Crippen molar-refractivity contribution in [2.45, 2.75) is 45.4 Å². The lowest BCUT2D eigenvalue weighted by Crippen LogP contribution is -2.07. The van der Waals surface area contributed by atoms with Gasteiger partial charge in [0.25, 0.3) is 0 Å². The summed E-state index contributed by atoms with van der Waals surface area (Å²) in [6.07, 6.45) is 3.44. The third-order valence-corrected chi connectivity index (χ3v) is 2.92. The Labute approximate surface area is 118 Å². The second-order valence-corrected chi connectivity index (χ2v) is 4.73. The van der Waals surface area contributed by atoms with Crippen molar-refractivity contribution in [3.63, 3.8) is 0 Å². The van der Waals surface area contributed by atoms with Crippen molar-refractivity contribution < 1.29 is 24.5 Å². The number of phenols is 1. The van der Waals surface area contributed by atoms with Crippen LogP contribution in [0, 0.1) is 6.92 Å². The SMILES string of the molecule is Cc1cc(OC(=O)CCCCCCC(=O)O)ccc1O. The number of aromatic hydroxyl groups is 1. The van der Waals surface area contributed by atoms with Crippen LogP contribution in [0.3, 0.4) is 0 Å². The largest absolute Gasteiger partial charge is 0.508 e. The topological polar surface area (TPSA) is 83.8 Å². The molecular weight excluding hydrogens is 260 g/mol. The number of ether oxygens (including phenoxy) is 1. The van der Waals surface area contributed by atoms with Gasteiger partial charge in [0, 0.05) is 12.8 Å². The molecule has 2 N–H and O–H groups in total. The van der Waals surface area contributed by atoms with Crippen LogP contribution in [0.15, 0.2) is 18.2 Å². The highest BCUT2D eigenvalue weighted by atomic mass is 16.5. The molecule has 0 radical (unpaired) electrons. The van der Waals surface area contributed by atoms with Crippen molar-refractivity contribution in [1.82, 2.24) is 0 Å². The maximum Gasteiger partial charge on any atom is 0.311 e. The van der Waals surface area contributed by atoms with Gasteiger partial charge in [0.15, 0.2) is 0 Å². The summed E-state index contributed by atoms with van der Waals surface area (Å²) in [4.78, 5) is 21.9. The average Bonchev–Trinajstić information content (AvgIpc) is 2.38. The molecule has 0 aromatic heterocycles. The molecule has 0 fully saturated rings. The molecule has 1 aromatic rings. The highest BCUT2D eigenvalue weighted by Gasteiger charge is 2.06. The third kappa shape index (κ3) is 6.22. The van der Waals surface area contributed by atoms with Gasteiger partial charge in [-0.1, -0.05) is 12.8 Å². The minimum atomic E-state index is -0.785. The van der Waals surface area contributed by atoms with Gasteiger partial charge in [-0.15, -0.1) is 0 Å². The lowest BCUT2D eigenvalue weighted by Gasteiger charge is -2.06. The monoisotopic (exact) mass is 280 g/mol. The molecule has 0 saturated carbocycles. The number of carboxylic acid groups (broad SMARTS) is 1.